The Morgan fingerprint density at radius 1 is 1.15 bits per heavy atom. The smallest absolute Gasteiger partial charge is 0.123 e. The number of benzene rings is 1. The van der Waals surface area contributed by atoms with Crippen LogP contribution in [0.4, 0.5) is 5.82 Å². The molecular formula is C15H14N4O. The lowest BCUT2D eigenvalue weighted by Gasteiger charge is -2.09. The van der Waals surface area contributed by atoms with Crippen LogP contribution in [0, 0.1) is 0 Å². The summed E-state index contributed by atoms with van der Waals surface area (Å²) in [6.45, 7) is 0. The second-order valence-electron chi connectivity index (χ2n) is 4.32. The lowest BCUT2D eigenvalue weighted by Crippen LogP contribution is -1.97. The standard InChI is InChI=1S/C15H14N4O/c1-20-13-4-2-3-12(7-13)19-10-17-9-14(19)11-5-6-15(16)18-8-11/h2-10H,1H3,(H2,16,18). The Morgan fingerprint density at radius 3 is 2.80 bits per heavy atom. The molecule has 1 aromatic carbocycles. The Morgan fingerprint density at radius 2 is 2.05 bits per heavy atom. The largest absolute Gasteiger partial charge is 0.497 e. The van der Waals surface area contributed by atoms with E-state index in [1.54, 1.807) is 31.9 Å². The van der Waals surface area contributed by atoms with Crippen LogP contribution < -0.4 is 10.5 Å². The van der Waals surface area contributed by atoms with Crippen LogP contribution in [0.25, 0.3) is 16.9 Å². The maximum atomic E-state index is 5.62. The molecule has 2 aromatic heterocycles. The fraction of sp³-hybridized carbons (Fsp3) is 0.0667. The fourth-order valence-corrected chi connectivity index (χ4v) is 2.03. The molecule has 5 heteroatoms. The minimum absolute atomic E-state index is 0.501. The highest BCUT2D eigenvalue weighted by Gasteiger charge is 2.08. The van der Waals surface area contributed by atoms with Gasteiger partial charge in [0.15, 0.2) is 0 Å². The van der Waals surface area contributed by atoms with Crippen molar-refractivity contribution in [1.82, 2.24) is 14.5 Å². The third-order valence-corrected chi connectivity index (χ3v) is 3.05. The van der Waals surface area contributed by atoms with Gasteiger partial charge in [-0.15, -0.1) is 0 Å². The van der Waals surface area contributed by atoms with E-state index < -0.39 is 0 Å². The van der Waals surface area contributed by atoms with Crippen LogP contribution in [-0.2, 0) is 0 Å². The summed E-state index contributed by atoms with van der Waals surface area (Å²) >= 11 is 0. The Bertz CT molecular complexity index is 719. The summed E-state index contributed by atoms with van der Waals surface area (Å²) in [6, 6.07) is 11.5. The first-order valence-corrected chi connectivity index (χ1v) is 6.16. The summed E-state index contributed by atoms with van der Waals surface area (Å²) in [5.74, 6) is 1.30. The maximum Gasteiger partial charge on any atom is 0.123 e. The van der Waals surface area contributed by atoms with Gasteiger partial charge in [-0.05, 0) is 24.3 Å². The van der Waals surface area contributed by atoms with Crippen molar-refractivity contribution in [3.63, 3.8) is 0 Å². The van der Waals surface area contributed by atoms with Crippen LogP contribution in [0.3, 0.4) is 0 Å². The average molecular weight is 266 g/mol. The minimum Gasteiger partial charge on any atom is -0.497 e. The molecule has 0 aliphatic carbocycles. The zero-order valence-electron chi connectivity index (χ0n) is 11.0. The molecule has 0 radical (unpaired) electrons. The number of methoxy groups -OCH3 is 1. The number of nitrogens with two attached hydrogens (primary N) is 1. The zero-order valence-corrected chi connectivity index (χ0v) is 11.0. The molecule has 100 valence electrons. The van der Waals surface area contributed by atoms with E-state index in [0.29, 0.717) is 5.82 Å². The van der Waals surface area contributed by atoms with Crippen LogP contribution in [0.15, 0.2) is 55.1 Å². The van der Waals surface area contributed by atoms with Crippen molar-refractivity contribution in [1.29, 1.82) is 0 Å². The Labute approximate surface area is 116 Å². The average Bonchev–Trinajstić information content (AvgIpc) is 2.97. The number of ether oxygens (including phenoxy) is 1. The van der Waals surface area contributed by atoms with Crippen LogP contribution >= 0.6 is 0 Å². The molecule has 20 heavy (non-hydrogen) atoms. The van der Waals surface area contributed by atoms with Crippen LogP contribution in [-0.4, -0.2) is 21.6 Å². The van der Waals surface area contributed by atoms with Gasteiger partial charge in [-0.3, -0.25) is 4.57 Å². The maximum absolute atomic E-state index is 5.62. The summed E-state index contributed by atoms with van der Waals surface area (Å²) in [5, 5.41) is 0. The lowest BCUT2D eigenvalue weighted by molar-refractivity contribution is 0.414. The lowest BCUT2D eigenvalue weighted by atomic mass is 10.2. The van der Waals surface area contributed by atoms with E-state index in [1.165, 1.54) is 0 Å². The van der Waals surface area contributed by atoms with Gasteiger partial charge in [-0.25, -0.2) is 9.97 Å². The quantitative estimate of drug-likeness (QED) is 0.791. The van der Waals surface area contributed by atoms with E-state index in [1.807, 2.05) is 34.9 Å². The third-order valence-electron chi connectivity index (χ3n) is 3.05. The molecule has 0 aliphatic rings. The minimum atomic E-state index is 0.501. The summed E-state index contributed by atoms with van der Waals surface area (Å²) < 4.78 is 7.23. The molecule has 0 amide bonds. The Balaban J connectivity index is 2.07. The molecule has 0 atom stereocenters. The number of imidazole rings is 1. The molecule has 0 fully saturated rings. The van der Waals surface area contributed by atoms with Crippen LogP contribution in [0.2, 0.25) is 0 Å². The number of aromatic nitrogens is 3. The van der Waals surface area contributed by atoms with Gasteiger partial charge >= 0.3 is 0 Å². The van der Waals surface area contributed by atoms with E-state index in [2.05, 4.69) is 9.97 Å². The van der Waals surface area contributed by atoms with Crippen LogP contribution in [0.5, 0.6) is 5.75 Å². The van der Waals surface area contributed by atoms with E-state index in [-0.39, 0.29) is 0 Å². The molecule has 3 rings (SSSR count). The highest BCUT2D eigenvalue weighted by molar-refractivity contribution is 5.62. The van der Waals surface area contributed by atoms with E-state index in [0.717, 1.165) is 22.7 Å². The molecule has 2 N–H and O–H groups in total. The summed E-state index contributed by atoms with van der Waals surface area (Å²) in [5.41, 5.74) is 8.50. The predicted molar refractivity (Wildman–Crippen MR) is 77.8 cm³/mol. The summed E-state index contributed by atoms with van der Waals surface area (Å²) in [6.07, 6.45) is 5.30. The van der Waals surface area contributed by atoms with Crippen molar-refractivity contribution in [3.05, 3.63) is 55.1 Å². The number of rotatable bonds is 3. The second kappa shape index (κ2) is 5.05. The van der Waals surface area contributed by atoms with Crippen molar-refractivity contribution in [2.75, 3.05) is 12.8 Å². The normalized spacial score (nSPS) is 10.4. The topological polar surface area (TPSA) is 66.0 Å². The Kier molecular flexibility index (Phi) is 3.09. The number of anilines is 1. The van der Waals surface area contributed by atoms with Crippen molar-refractivity contribution in [2.45, 2.75) is 0 Å². The molecule has 0 aliphatic heterocycles. The number of hydrogen-bond acceptors (Lipinski definition) is 4. The molecule has 0 spiro atoms. The van der Waals surface area contributed by atoms with Gasteiger partial charge in [0.05, 0.1) is 31.0 Å². The monoisotopic (exact) mass is 266 g/mol. The molecular weight excluding hydrogens is 252 g/mol. The Hall–Kier alpha value is -2.82. The highest BCUT2D eigenvalue weighted by atomic mass is 16.5. The molecule has 0 unspecified atom stereocenters. The van der Waals surface area contributed by atoms with Crippen molar-refractivity contribution < 1.29 is 4.74 Å². The first-order chi connectivity index (χ1) is 9.78. The summed E-state index contributed by atoms with van der Waals surface area (Å²) in [7, 11) is 1.65. The molecule has 2 heterocycles. The van der Waals surface area contributed by atoms with Gasteiger partial charge in [0.2, 0.25) is 0 Å². The van der Waals surface area contributed by atoms with E-state index >= 15 is 0 Å². The molecule has 0 saturated heterocycles. The molecule has 0 saturated carbocycles. The van der Waals surface area contributed by atoms with E-state index in [9.17, 15) is 0 Å². The van der Waals surface area contributed by atoms with Gasteiger partial charge in [-0.2, -0.15) is 0 Å². The van der Waals surface area contributed by atoms with E-state index in [4.69, 9.17) is 10.5 Å². The number of nitrogens with zero attached hydrogens (tertiary/aromatic N) is 3. The molecule has 5 nitrogen and oxygen atoms in total. The number of hydrogen-bond donors (Lipinski definition) is 1. The first-order valence-electron chi connectivity index (χ1n) is 6.16. The molecule has 0 bridgehead atoms. The van der Waals surface area contributed by atoms with Gasteiger partial charge in [-0.1, -0.05) is 6.07 Å². The van der Waals surface area contributed by atoms with Crippen molar-refractivity contribution >= 4 is 5.82 Å². The SMILES string of the molecule is COc1cccc(-n2cncc2-c2ccc(N)nc2)c1. The second-order valence-corrected chi connectivity index (χ2v) is 4.32. The predicted octanol–water partition coefficient (Wildman–Crippen LogP) is 2.53. The van der Waals surface area contributed by atoms with Crippen LogP contribution in [0.1, 0.15) is 0 Å². The molecule has 3 aromatic rings. The zero-order chi connectivity index (χ0) is 13.9. The number of pyridine rings is 1. The third kappa shape index (κ3) is 2.21. The van der Waals surface area contributed by atoms with Gasteiger partial charge < -0.3 is 10.5 Å². The first kappa shape index (κ1) is 12.2. The van der Waals surface area contributed by atoms with Gasteiger partial charge in [0.1, 0.15) is 11.6 Å². The fourth-order valence-electron chi connectivity index (χ4n) is 2.03. The van der Waals surface area contributed by atoms with Crippen molar-refractivity contribution in [3.8, 4) is 22.7 Å². The highest BCUT2D eigenvalue weighted by Crippen LogP contribution is 2.24. The summed E-state index contributed by atoms with van der Waals surface area (Å²) in [4.78, 5) is 8.33. The van der Waals surface area contributed by atoms with Gasteiger partial charge in [0, 0.05) is 17.8 Å². The number of nitrogen functional groups attached to an aromatic ring is 1. The van der Waals surface area contributed by atoms with Gasteiger partial charge in [0.25, 0.3) is 0 Å². The van der Waals surface area contributed by atoms with Crippen molar-refractivity contribution in [2.24, 2.45) is 0 Å².